The van der Waals surface area contributed by atoms with Crippen molar-refractivity contribution in [2.75, 3.05) is 0 Å². The molecule has 1 atom stereocenters. The number of benzene rings is 1. The topological polar surface area (TPSA) is 83.5 Å². The lowest BCUT2D eigenvalue weighted by Gasteiger charge is -2.16. The molecule has 1 aromatic rings. The van der Waals surface area contributed by atoms with Crippen LogP contribution in [0.5, 0.6) is 0 Å². The summed E-state index contributed by atoms with van der Waals surface area (Å²) in [6, 6.07) is 1.87. The molecule has 0 bridgehead atoms. The number of hydrogen-bond acceptors (Lipinski definition) is 3. The minimum atomic E-state index is -4.00. The third-order valence-corrected chi connectivity index (χ3v) is 5.12. The van der Waals surface area contributed by atoms with Gasteiger partial charge in [0.05, 0.1) is 15.6 Å². The van der Waals surface area contributed by atoms with Gasteiger partial charge in [-0.1, -0.05) is 30.1 Å². The van der Waals surface area contributed by atoms with Crippen molar-refractivity contribution >= 4 is 39.2 Å². The number of hydrogen-bond donors (Lipinski definition) is 2. The standard InChI is InChI=1S/C13H13Cl2NO4S/c1-3-5-8(4-2)16-21(19,20)10-7-6-9(14)11(12(10)15)13(17)18/h1,6-8,16H,4-5H2,2H3,(H,17,18). The Morgan fingerprint density at radius 3 is 2.57 bits per heavy atom. The van der Waals surface area contributed by atoms with Crippen molar-refractivity contribution in [1.82, 2.24) is 4.72 Å². The zero-order chi connectivity index (χ0) is 16.2. The minimum absolute atomic E-state index is 0.137. The van der Waals surface area contributed by atoms with Crippen LogP contribution < -0.4 is 4.72 Å². The zero-order valence-corrected chi connectivity index (χ0v) is 13.4. The van der Waals surface area contributed by atoms with Gasteiger partial charge in [0.25, 0.3) is 0 Å². The van der Waals surface area contributed by atoms with Crippen LogP contribution in [0.4, 0.5) is 0 Å². The molecule has 0 aliphatic heterocycles. The molecule has 0 fully saturated rings. The Bertz CT molecular complexity index is 695. The van der Waals surface area contributed by atoms with Gasteiger partial charge in [-0.25, -0.2) is 17.9 Å². The highest BCUT2D eigenvalue weighted by Gasteiger charge is 2.26. The molecule has 1 rings (SSSR count). The molecule has 114 valence electrons. The van der Waals surface area contributed by atoms with E-state index in [9.17, 15) is 13.2 Å². The van der Waals surface area contributed by atoms with Crippen molar-refractivity contribution in [3.8, 4) is 12.3 Å². The number of halogens is 2. The summed E-state index contributed by atoms with van der Waals surface area (Å²) in [5.41, 5.74) is -0.453. The van der Waals surface area contributed by atoms with Crippen molar-refractivity contribution < 1.29 is 18.3 Å². The maximum atomic E-state index is 12.3. The Labute approximate surface area is 133 Å². The second-order valence-corrected chi connectivity index (χ2v) is 6.64. The van der Waals surface area contributed by atoms with Gasteiger partial charge in [-0.15, -0.1) is 12.3 Å². The Hall–Kier alpha value is -1.26. The Kier molecular flexibility index (Phi) is 6.05. The molecule has 0 radical (unpaired) electrons. The SMILES string of the molecule is C#CCC(CC)NS(=O)(=O)c1ccc(Cl)c(C(=O)O)c1Cl. The Morgan fingerprint density at radius 1 is 1.48 bits per heavy atom. The van der Waals surface area contributed by atoms with Gasteiger partial charge in [-0.05, 0) is 18.6 Å². The van der Waals surface area contributed by atoms with Crippen LogP contribution in [0.25, 0.3) is 0 Å². The third kappa shape index (κ3) is 4.11. The van der Waals surface area contributed by atoms with Gasteiger partial charge < -0.3 is 5.11 Å². The zero-order valence-electron chi connectivity index (χ0n) is 11.1. The van der Waals surface area contributed by atoms with Crippen LogP contribution in [-0.2, 0) is 10.0 Å². The predicted molar refractivity (Wildman–Crippen MR) is 81.3 cm³/mol. The van der Waals surface area contributed by atoms with Crippen LogP contribution in [0.2, 0.25) is 10.0 Å². The van der Waals surface area contributed by atoms with Crippen LogP contribution in [-0.4, -0.2) is 25.5 Å². The van der Waals surface area contributed by atoms with Crippen molar-refractivity contribution in [3.05, 3.63) is 27.7 Å². The first-order chi connectivity index (χ1) is 9.74. The molecule has 0 aliphatic rings. The second-order valence-electron chi connectivity index (χ2n) is 4.17. The molecule has 21 heavy (non-hydrogen) atoms. The first kappa shape index (κ1) is 17.8. The van der Waals surface area contributed by atoms with E-state index in [1.807, 2.05) is 0 Å². The fourth-order valence-corrected chi connectivity index (χ4v) is 3.87. The fraction of sp³-hybridized carbons (Fsp3) is 0.308. The first-order valence-electron chi connectivity index (χ1n) is 5.91. The molecule has 2 N–H and O–H groups in total. The summed E-state index contributed by atoms with van der Waals surface area (Å²) in [7, 11) is -4.00. The van der Waals surface area contributed by atoms with E-state index in [-0.39, 0.29) is 16.3 Å². The first-order valence-corrected chi connectivity index (χ1v) is 8.15. The maximum absolute atomic E-state index is 12.3. The summed E-state index contributed by atoms with van der Waals surface area (Å²) >= 11 is 11.6. The summed E-state index contributed by atoms with van der Waals surface area (Å²) < 4.78 is 27.0. The summed E-state index contributed by atoms with van der Waals surface area (Å²) in [6.45, 7) is 1.77. The van der Waals surface area contributed by atoms with Crippen LogP contribution in [0.3, 0.4) is 0 Å². The highest BCUT2D eigenvalue weighted by Crippen LogP contribution is 2.31. The van der Waals surface area contributed by atoms with E-state index in [1.54, 1.807) is 6.92 Å². The van der Waals surface area contributed by atoms with Gasteiger partial charge in [0, 0.05) is 12.5 Å². The number of aromatic carboxylic acids is 1. The number of carboxylic acids is 1. The highest BCUT2D eigenvalue weighted by atomic mass is 35.5. The summed E-state index contributed by atoms with van der Waals surface area (Å²) in [4.78, 5) is 10.7. The summed E-state index contributed by atoms with van der Waals surface area (Å²) in [5, 5.41) is 8.47. The van der Waals surface area contributed by atoms with Gasteiger partial charge in [-0.3, -0.25) is 0 Å². The second kappa shape index (κ2) is 7.14. The lowest BCUT2D eigenvalue weighted by atomic mass is 10.2. The van der Waals surface area contributed by atoms with E-state index in [2.05, 4.69) is 10.6 Å². The monoisotopic (exact) mass is 349 g/mol. The number of nitrogens with one attached hydrogen (secondary N) is 1. The van der Waals surface area contributed by atoms with Gasteiger partial charge in [-0.2, -0.15) is 0 Å². The molecular formula is C13H13Cl2NO4S. The van der Waals surface area contributed by atoms with Gasteiger partial charge in [0.1, 0.15) is 4.90 Å². The average Bonchev–Trinajstić information content (AvgIpc) is 2.37. The highest BCUT2D eigenvalue weighted by molar-refractivity contribution is 7.89. The smallest absolute Gasteiger partial charge is 0.338 e. The number of terminal acetylenes is 1. The largest absolute Gasteiger partial charge is 0.478 e. The van der Waals surface area contributed by atoms with E-state index >= 15 is 0 Å². The maximum Gasteiger partial charge on any atom is 0.338 e. The van der Waals surface area contributed by atoms with Crippen molar-refractivity contribution in [1.29, 1.82) is 0 Å². The van der Waals surface area contributed by atoms with Crippen LogP contribution in [0.15, 0.2) is 17.0 Å². The van der Waals surface area contributed by atoms with Crippen LogP contribution >= 0.6 is 23.2 Å². The normalized spacial score (nSPS) is 12.7. The molecule has 0 amide bonds. The minimum Gasteiger partial charge on any atom is -0.478 e. The van der Waals surface area contributed by atoms with Crippen molar-refractivity contribution in [3.63, 3.8) is 0 Å². The summed E-state index contributed by atoms with van der Waals surface area (Å²) in [5.74, 6) is 0.966. The molecule has 0 aromatic heterocycles. The molecule has 0 saturated heterocycles. The van der Waals surface area contributed by atoms with Crippen LogP contribution in [0, 0.1) is 12.3 Å². The molecular weight excluding hydrogens is 337 g/mol. The lowest BCUT2D eigenvalue weighted by Crippen LogP contribution is -2.34. The average molecular weight is 350 g/mol. The molecule has 8 heteroatoms. The Morgan fingerprint density at radius 2 is 2.10 bits per heavy atom. The van der Waals surface area contributed by atoms with Gasteiger partial charge in [0.2, 0.25) is 10.0 Å². The lowest BCUT2D eigenvalue weighted by molar-refractivity contribution is 0.0697. The summed E-state index contributed by atoms with van der Waals surface area (Å²) in [6.07, 6.45) is 5.87. The molecule has 0 spiro atoms. The Balaban J connectivity index is 3.30. The van der Waals surface area contributed by atoms with Crippen molar-refractivity contribution in [2.45, 2.75) is 30.7 Å². The van der Waals surface area contributed by atoms with E-state index < -0.39 is 32.6 Å². The molecule has 1 aromatic carbocycles. The number of sulfonamides is 1. The quantitative estimate of drug-likeness (QED) is 0.773. The number of rotatable bonds is 6. The fourth-order valence-electron chi connectivity index (χ4n) is 1.63. The van der Waals surface area contributed by atoms with Gasteiger partial charge in [0.15, 0.2) is 0 Å². The van der Waals surface area contributed by atoms with Gasteiger partial charge >= 0.3 is 5.97 Å². The number of carboxylic acid groups (broad SMARTS) is 1. The van der Waals surface area contributed by atoms with E-state index in [1.165, 1.54) is 6.07 Å². The molecule has 0 heterocycles. The third-order valence-electron chi connectivity index (χ3n) is 2.74. The van der Waals surface area contributed by atoms with E-state index in [0.29, 0.717) is 6.42 Å². The van der Waals surface area contributed by atoms with E-state index in [0.717, 1.165) is 6.07 Å². The molecule has 1 unspecified atom stereocenters. The van der Waals surface area contributed by atoms with E-state index in [4.69, 9.17) is 34.7 Å². The predicted octanol–water partition coefficient (Wildman–Crippen LogP) is 2.77. The molecule has 0 saturated carbocycles. The molecule has 5 nitrogen and oxygen atoms in total. The van der Waals surface area contributed by atoms with Crippen LogP contribution in [0.1, 0.15) is 30.1 Å². The van der Waals surface area contributed by atoms with Crippen molar-refractivity contribution in [2.24, 2.45) is 0 Å². The molecule has 0 aliphatic carbocycles. The number of carbonyl (C=O) groups is 1.